The molecule has 4 aromatic carbocycles. The van der Waals surface area contributed by atoms with E-state index in [1.54, 1.807) is 12.1 Å². The second kappa shape index (κ2) is 30.8. The highest BCUT2D eigenvalue weighted by Crippen LogP contribution is 2.51. The number of anilines is 4. The van der Waals surface area contributed by atoms with Crippen molar-refractivity contribution in [1.29, 1.82) is 0 Å². The topological polar surface area (TPSA) is 106 Å². The first-order chi connectivity index (χ1) is 35.4. The lowest BCUT2D eigenvalue weighted by atomic mass is 10.1. The van der Waals surface area contributed by atoms with Crippen molar-refractivity contribution in [3.63, 3.8) is 0 Å². The largest absolute Gasteiger partial charge is 0.416 e. The van der Waals surface area contributed by atoms with Gasteiger partial charge in [0.1, 0.15) is 0 Å². The van der Waals surface area contributed by atoms with Gasteiger partial charge in [-0.05, 0) is 93.0 Å². The van der Waals surface area contributed by atoms with Gasteiger partial charge in [-0.3, -0.25) is 4.90 Å². The maximum atomic E-state index is 13.4. The van der Waals surface area contributed by atoms with Crippen molar-refractivity contribution in [1.82, 2.24) is 20.0 Å². The fourth-order valence-electron chi connectivity index (χ4n) is 8.68. The van der Waals surface area contributed by atoms with E-state index in [1.807, 2.05) is 53.4 Å². The van der Waals surface area contributed by atoms with Gasteiger partial charge in [-0.25, -0.2) is 0 Å². The second-order valence-electron chi connectivity index (χ2n) is 17.7. The third-order valence-electron chi connectivity index (χ3n) is 12.4. The Labute approximate surface area is 435 Å². The molecule has 0 radical (unpaired) electrons. The minimum Gasteiger partial charge on any atom is -0.394 e. The number of aliphatic hydroxyl groups is 2. The van der Waals surface area contributed by atoms with Crippen LogP contribution in [-0.4, -0.2) is 176 Å². The number of halogens is 6. The van der Waals surface area contributed by atoms with Gasteiger partial charge in [0, 0.05) is 98.2 Å². The fraction of sp³-hybridized carbons (Fsp3) is 0.547. The summed E-state index contributed by atoms with van der Waals surface area (Å²) in [6.07, 6.45) is -5.87. The van der Waals surface area contributed by atoms with Crippen LogP contribution in [0.25, 0.3) is 0 Å². The van der Waals surface area contributed by atoms with Crippen LogP contribution < -0.4 is 15.1 Å². The van der Waals surface area contributed by atoms with Crippen molar-refractivity contribution >= 4 is 46.3 Å². The Bertz CT molecular complexity index is 2210. The van der Waals surface area contributed by atoms with E-state index >= 15 is 0 Å². The minimum atomic E-state index is -4.36. The first-order valence-electron chi connectivity index (χ1n) is 25.3. The molecule has 0 bridgehead atoms. The lowest BCUT2D eigenvalue weighted by molar-refractivity contribution is -0.138. The number of nitrogens with one attached hydrogen (secondary N) is 1. The van der Waals surface area contributed by atoms with Gasteiger partial charge in [0.25, 0.3) is 0 Å². The summed E-state index contributed by atoms with van der Waals surface area (Å²) in [5.41, 5.74) is 2.07. The number of fused-ring (bicyclic) bond motifs is 4. The molecule has 8 rings (SSSR count). The molecule has 4 aliphatic heterocycles. The minimum absolute atomic E-state index is 0.0287. The van der Waals surface area contributed by atoms with Gasteiger partial charge in [-0.2, -0.15) is 26.3 Å². The van der Waals surface area contributed by atoms with E-state index in [9.17, 15) is 26.3 Å². The monoisotopic (exact) mass is 1070 g/mol. The summed E-state index contributed by atoms with van der Waals surface area (Å²) in [7, 11) is 0. The first-order valence-corrected chi connectivity index (χ1v) is 26.9. The molecule has 0 spiro atoms. The number of hydrogen-bond donors (Lipinski definition) is 3. The van der Waals surface area contributed by atoms with Gasteiger partial charge in [0.05, 0.1) is 93.3 Å². The molecule has 12 nitrogen and oxygen atoms in total. The molecule has 0 aliphatic carbocycles. The lowest BCUT2D eigenvalue weighted by Gasteiger charge is -2.36. The summed E-state index contributed by atoms with van der Waals surface area (Å²) in [5.74, 6) is 0. The molecule has 4 aliphatic rings. The van der Waals surface area contributed by atoms with Crippen LogP contribution in [0.3, 0.4) is 0 Å². The van der Waals surface area contributed by atoms with E-state index in [0.29, 0.717) is 70.7 Å². The fourth-order valence-corrected chi connectivity index (χ4v) is 10.8. The Kier molecular flexibility index (Phi) is 24.7. The average Bonchev–Trinajstić information content (AvgIpc) is 3.39. The van der Waals surface area contributed by atoms with E-state index in [0.717, 1.165) is 129 Å². The molecule has 0 aromatic heterocycles. The van der Waals surface area contributed by atoms with E-state index in [1.165, 1.54) is 47.8 Å². The molecule has 0 amide bonds. The molecule has 3 N–H and O–H groups in total. The molecule has 2 saturated heterocycles. The molecule has 0 atom stereocenters. The molecule has 2 fully saturated rings. The van der Waals surface area contributed by atoms with Crippen molar-refractivity contribution in [3.8, 4) is 0 Å². The van der Waals surface area contributed by atoms with Crippen LogP contribution >= 0.6 is 23.5 Å². The maximum Gasteiger partial charge on any atom is 0.416 e. The standard InChI is InChI=1S/C26H34F3N3O3S.C20H22F3N3S.C7H16O3/c27-26(28,29)21-6-7-25-23(20-21)32(22-4-1-2-5-24(22)36-25)9-3-8-30-10-12-31(13-11-30)14-16-34-18-19-35-17-15-33;21-20(22,23)15-6-7-19-17(14-15)26(16-4-1-2-5-18(16)27-19)11-3-10-25-12-8-24-9-13-25;1-2-4-9-6-7-10-5-3-8/h1-2,4-7,20,33H,3,8-19H2;1-2,4-7,14,24H,3,8-13H2;8H,2-7H2,1H3. The van der Waals surface area contributed by atoms with Gasteiger partial charge in [-0.1, -0.05) is 54.7 Å². The van der Waals surface area contributed by atoms with Crippen molar-refractivity contribution in [2.24, 2.45) is 0 Å². The highest BCUT2D eigenvalue weighted by Gasteiger charge is 2.35. The Morgan fingerprint density at radius 3 is 1.30 bits per heavy atom. The predicted molar refractivity (Wildman–Crippen MR) is 277 cm³/mol. The summed E-state index contributed by atoms with van der Waals surface area (Å²) in [5, 5.41) is 20.3. The average molecular weight is 1070 g/mol. The van der Waals surface area contributed by atoms with Gasteiger partial charge >= 0.3 is 12.4 Å². The second-order valence-corrected chi connectivity index (χ2v) is 19.8. The SMILES string of the molecule is CCCOCCOCCO.FC(F)(F)c1ccc2c(c1)N(CCCN1CCNCC1)c1ccccc1S2.OCCOCCOCCN1CCN(CCCN2c3ccccc3Sc3ccc(C(F)(F)F)cc32)CC1. The summed E-state index contributed by atoms with van der Waals surface area (Å²) in [4.78, 5) is 15.2. The Hall–Kier alpha value is -3.64. The van der Waals surface area contributed by atoms with E-state index in [2.05, 4.69) is 31.8 Å². The number of rotatable bonds is 23. The van der Waals surface area contributed by atoms with E-state index in [-0.39, 0.29) is 13.2 Å². The molecule has 4 aromatic rings. The third-order valence-corrected chi connectivity index (χ3v) is 14.7. The van der Waals surface area contributed by atoms with Crippen LogP contribution in [0.1, 0.15) is 37.3 Å². The van der Waals surface area contributed by atoms with Crippen molar-refractivity contribution in [2.75, 3.05) is 161 Å². The molecular formula is C53H72F6N6O6S2. The van der Waals surface area contributed by atoms with Crippen molar-refractivity contribution < 1.29 is 55.5 Å². The molecule has 0 saturated carbocycles. The van der Waals surface area contributed by atoms with Crippen LogP contribution in [0, 0.1) is 0 Å². The van der Waals surface area contributed by atoms with Crippen LogP contribution in [0.4, 0.5) is 49.1 Å². The number of piperazine rings is 2. The molecule has 404 valence electrons. The van der Waals surface area contributed by atoms with Gasteiger partial charge in [0.2, 0.25) is 0 Å². The molecule has 0 unspecified atom stereocenters. The first kappa shape index (κ1) is 58.6. The van der Waals surface area contributed by atoms with Crippen molar-refractivity contribution in [2.45, 2.75) is 58.1 Å². The molecule has 4 heterocycles. The van der Waals surface area contributed by atoms with Crippen LogP contribution in [-0.2, 0) is 31.3 Å². The zero-order valence-electron chi connectivity index (χ0n) is 41.8. The number of nitrogens with zero attached hydrogens (tertiary/aromatic N) is 5. The zero-order chi connectivity index (χ0) is 51.9. The quantitative estimate of drug-likeness (QED) is 0.0486. The number of alkyl halides is 6. The zero-order valence-corrected chi connectivity index (χ0v) is 43.4. The lowest BCUT2D eigenvalue weighted by Crippen LogP contribution is -2.47. The smallest absolute Gasteiger partial charge is 0.394 e. The van der Waals surface area contributed by atoms with Crippen LogP contribution in [0.2, 0.25) is 0 Å². The van der Waals surface area contributed by atoms with Crippen LogP contribution in [0.5, 0.6) is 0 Å². The Balaban J connectivity index is 0.000000206. The van der Waals surface area contributed by atoms with Gasteiger partial charge in [-0.15, -0.1) is 0 Å². The number of hydrogen-bond acceptors (Lipinski definition) is 14. The summed E-state index contributed by atoms with van der Waals surface area (Å²) >= 11 is 3.07. The van der Waals surface area contributed by atoms with Crippen molar-refractivity contribution in [3.05, 3.63) is 96.1 Å². The molecular weight excluding hydrogens is 995 g/mol. The number of para-hydroxylation sites is 2. The van der Waals surface area contributed by atoms with E-state index < -0.39 is 23.5 Å². The van der Waals surface area contributed by atoms with Gasteiger partial charge in [0.15, 0.2) is 0 Å². The highest BCUT2D eigenvalue weighted by molar-refractivity contribution is 8.00. The number of ether oxygens (including phenoxy) is 4. The summed E-state index contributed by atoms with van der Waals surface area (Å²) in [6, 6.07) is 24.0. The maximum absolute atomic E-state index is 13.4. The van der Waals surface area contributed by atoms with Crippen LogP contribution in [0.15, 0.2) is 105 Å². The Morgan fingerprint density at radius 2 is 0.863 bits per heavy atom. The third kappa shape index (κ3) is 18.9. The van der Waals surface area contributed by atoms with E-state index in [4.69, 9.17) is 29.2 Å². The molecule has 20 heteroatoms. The summed E-state index contributed by atoms with van der Waals surface area (Å²) < 4.78 is 101. The summed E-state index contributed by atoms with van der Waals surface area (Å²) in [6.45, 7) is 18.7. The predicted octanol–water partition coefficient (Wildman–Crippen LogP) is 9.37. The van der Waals surface area contributed by atoms with Gasteiger partial charge < -0.3 is 54.1 Å². The number of benzene rings is 4. The number of aliphatic hydroxyl groups excluding tert-OH is 2. The Morgan fingerprint density at radius 1 is 0.466 bits per heavy atom. The molecule has 73 heavy (non-hydrogen) atoms. The highest BCUT2D eigenvalue weighted by atomic mass is 32.2. The normalized spacial score (nSPS) is 16.1.